The summed E-state index contributed by atoms with van der Waals surface area (Å²) < 4.78 is 5.30. The first-order valence-electron chi connectivity index (χ1n) is 4.14. The second-order valence-electron chi connectivity index (χ2n) is 2.83. The quantitative estimate of drug-likeness (QED) is 0.473. The van der Waals surface area contributed by atoms with Crippen molar-refractivity contribution < 1.29 is 9.53 Å². The van der Waals surface area contributed by atoms with E-state index in [1.54, 1.807) is 0 Å². The van der Waals surface area contributed by atoms with Gasteiger partial charge in [-0.2, -0.15) is 0 Å². The Morgan fingerprint density at radius 3 is 2.83 bits per heavy atom. The Hall–Kier alpha value is -0.850. The molecular weight excluding hydrogens is 154 g/mol. The Labute approximate surface area is 72.5 Å². The van der Waals surface area contributed by atoms with Crippen LogP contribution in [0.15, 0.2) is 0 Å². The van der Waals surface area contributed by atoms with Gasteiger partial charge in [0, 0.05) is 0 Å². The molecule has 1 N–H and O–H groups in total. The van der Waals surface area contributed by atoms with Gasteiger partial charge in [0.2, 0.25) is 5.78 Å². The van der Waals surface area contributed by atoms with Crippen LogP contribution in [0.25, 0.3) is 0 Å². The second-order valence-corrected chi connectivity index (χ2v) is 2.83. The van der Waals surface area contributed by atoms with Gasteiger partial charge < -0.3 is 10.1 Å². The summed E-state index contributed by atoms with van der Waals surface area (Å²) in [5, 5.41) is 3.21. The number of carbonyl (C=O) groups excluding carboxylic acids is 1. The normalized spacial score (nSPS) is 18.6. The van der Waals surface area contributed by atoms with E-state index in [1.165, 1.54) is 0 Å². The van der Waals surface area contributed by atoms with Crippen LogP contribution in [-0.4, -0.2) is 31.6 Å². The molecule has 0 saturated carbocycles. The first-order chi connectivity index (χ1) is 5.83. The Kier molecular flexibility index (Phi) is 3.78. The van der Waals surface area contributed by atoms with Crippen LogP contribution in [-0.2, 0) is 9.53 Å². The molecule has 1 aliphatic heterocycles. The molecule has 0 aliphatic carbocycles. The van der Waals surface area contributed by atoms with Gasteiger partial charge in [-0.15, -0.1) is 6.42 Å². The van der Waals surface area contributed by atoms with Crippen molar-refractivity contribution in [2.24, 2.45) is 0 Å². The lowest BCUT2D eigenvalue weighted by Crippen LogP contribution is -2.33. The maximum Gasteiger partial charge on any atom is 0.230 e. The number of nitrogens with one attached hydrogen (secondary N) is 1. The van der Waals surface area contributed by atoms with Crippen molar-refractivity contribution in [1.29, 1.82) is 0 Å². The van der Waals surface area contributed by atoms with E-state index in [9.17, 15) is 4.79 Å². The summed E-state index contributed by atoms with van der Waals surface area (Å²) in [5.74, 6) is 1.76. The van der Waals surface area contributed by atoms with Crippen molar-refractivity contribution >= 4 is 5.78 Å². The SMILES string of the molecule is C#CC(=O)COC1CCNCC1. The highest BCUT2D eigenvalue weighted by Crippen LogP contribution is 2.06. The van der Waals surface area contributed by atoms with E-state index in [0.717, 1.165) is 25.9 Å². The molecule has 66 valence electrons. The molecule has 0 aromatic rings. The van der Waals surface area contributed by atoms with Gasteiger partial charge in [0.25, 0.3) is 0 Å². The van der Waals surface area contributed by atoms with E-state index < -0.39 is 0 Å². The van der Waals surface area contributed by atoms with Crippen molar-refractivity contribution in [3.8, 4) is 12.3 Å². The van der Waals surface area contributed by atoms with Crippen LogP contribution in [0.1, 0.15) is 12.8 Å². The fourth-order valence-corrected chi connectivity index (χ4v) is 1.20. The lowest BCUT2D eigenvalue weighted by atomic mass is 10.1. The number of carbonyl (C=O) groups is 1. The van der Waals surface area contributed by atoms with Crippen LogP contribution < -0.4 is 5.32 Å². The summed E-state index contributed by atoms with van der Waals surface area (Å²) in [6.45, 7) is 2.00. The Bertz CT molecular complexity index is 189. The third kappa shape index (κ3) is 3.04. The molecule has 0 aromatic carbocycles. The molecular formula is C9H13NO2. The molecule has 12 heavy (non-hydrogen) atoms. The molecule has 0 spiro atoms. The highest BCUT2D eigenvalue weighted by atomic mass is 16.5. The van der Waals surface area contributed by atoms with Crippen LogP contribution in [0.4, 0.5) is 0 Å². The molecule has 0 bridgehead atoms. The van der Waals surface area contributed by atoms with Gasteiger partial charge in [0.05, 0.1) is 6.10 Å². The molecule has 1 fully saturated rings. The summed E-state index contributed by atoms with van der Waals surface area (Å²) in [7, 11) is 0. The minimum absolute atomic E-state index is 0.0706. The number of ether oxygens (including phenoxy) is 1. The zero-order valence-corrected chi connectivity index (χ0v) is 7.01. The summed E-state index contributed by atoms with van der Waals surface area (Å²) in [6.07, 6.45) is 7.05. The number of hydrogen-bond donors (Lipinski definition) is 1. The molecule has 0 unspecified atom stereocenters. The third-order valence-corrected chi connectivity index (χ3v) is 1.90. The van der Waals surface area contributed by atoms with Gasteiger partial charge in [0.15, 0.2) is 0 Å². The van der Waals surface area contributed by atoms with Crippen LogP contribution in [0.3, 0.4) is 0 Å². The van der Waals surface area contributed by atoms with E-state index in [-0.39, 0.29) is 18.5 Å². The van der Waals surface area contributed by atoms with Crippen molar-refractivity contribution in [3.63, 3.8) is 0 Å². The molecule has 0 radical (unpaired) electrons. The zero-order valence-electron chi connectivity index (χ0n) is 7.01. The number of Topliss-reactive ketones (excluding diaryl/α,β-unsaturated/α-hetero) is 1. The van der Waals surface area contributed by atoms with E-state index in [4.69, 9.17) is 11.2 Å². The highest BCUT2D eigenvalue weighted by molar-refractivity contribution is 5.95. The number of hydrogen-bond acceptors (Lipinski definition) is 3. The number of rotatable bonds is 3. The molecule has 0 aromatic heterocycles. The lowest BCUT2D eigenvalue weighted by molar-refractivity contribution is -0.120. The average Bonchev–Trinajstić information content (AvgIpc) is 2.16. The number of terminal acetylenes is 1. The number of piperidine rings is 1. The molecule has 1 aliphatic rings. The van der Waals surface area contributed by atoms with Crippen molar-refractivity contribution in [2.75, 3.05) is 19.7 Å². The summed E-state index contributed by atoms with van der Waals surface area (Å²) in [5.41, 5.74) is 0. The molecule has 3 heteroatoms. The maximum atomic E-state index is 10.7. The molecule has 0 amide bonds. The molecule has 1 saturated heterocycles. The highest BCUT2D eigenvalue weighted by Gasteiger charge is 2.13. The molecule has 0 atom stereocenters. The summed E-state index contributed by atoms with van der Waals surface area (Å²) in [4.78, 5) is 10.7. The molecule has 1 heterocycles. The van der Waals surface area contributed by atoms with Crippen LogP contribution >= 0.6 is 0 Å². The fraction of sp³-hybridized carbons (Fsp3) is 0.667. The average molecular weight is 167 g/mol. The van der Waals surface area contributed by atoms with Gasteiger partial charge in [0.1, 0.15) is 6.61 Å². The zero-order chi connectivity index (χ0) is 8.81. The van der Waals surface area contributed by atoms with E-state index >= 15 is 0 Å². The maximum absolute atomic E-state index is 10.7. The Morgan fingerprint density at radius 2 is 2.25 bits per heavy atom. The topological polar surface area (TPSA) is 38.3 Å². The van der Waals surface area contributed by atoms with Gasteiger partial charge in [-0.1, -0.05) is 0 Å². The van der Waals surface area contributed by atoms with Crippen LogP contribution in [0.2, 0.25) is 0 Å². The molecule has 3 nitrogen and oxygen atoms in total. The number of ketones is 1. The fourth-order valence-electron chi connectivity index (χ4n) is 1.20. The van der Waals surface area contributed by atoms with Crippen molar-refractivity contribution in [3.05, 3.63) is 0 Å². The largest absolute Gasteiger partial charge is 0.369 e. The second kappa shape index (κ2) is 4.91. The predicted molar refractivity (Wildman–Crippen MR) is 45.7 cm³/mol. The molecule has 1 rings (SSSR count). The summed E-state index contributed by atoms with van der Waals surface area (Å²) in [6, 6.07) is 0. The third-order valence-electron chi connectivity index (χ3n) is 1.90. The monoisotopic (exact) mass is 167 g/mol. The minimum atomic E-state index is -0.270. The van der Waals surface area contributed by atoms with Gasteiger partial charge in [-0.05, 0) is 31.9 Å². The minimum Gasteiger partial charge on any atom is -0.369 e. The predicted octanol–water partition coefficient (Wildman–Crippen LogP) is -0.0427. The van der Waals surface area contributed by atoms with Gasteiger partial charge in [-0.25, -0.2) is 0 Å². The van der Waals surface area contributed by atoms with E-state index in [0.29, 0.717) is 0 Å². The van der Waals surface area contributed by atoms with E-state index in [1.807, 2.05) is 5.92 Å². The van der Waals surface area contributed by atoms with Gasteiger partial charge >= 0.3 is 0 Å². The first kappa shape index (κ1) is 9.24. The van der Waals surface area contributed by atoms with Gasteiger partial charge in [-0.3, -0.25) is 4.79 Å². The van der Waals surface area contributed by atoms with Crippen LogP contribution in [0, 0.1) is 12.3 Å². The lowest BCUT2D eigenvalue weighted by Gasteiger charge is -2.22. The Morgan fingerprint density at radius 1 is 1.58 bits per heavy atom. The van der Waals surface area contributed by atoms with E-state index in [2.05, 4.69) is 5.32 Å². The summed E-state index contributed by atoms with van der Waals surface area (Å²) >= 11 is 0. The smallest absolute Gasteiger partial charge is 0.230 e. The van der Waals surface area contributed by atoms with Crippen molar-refractivity contribution in [2.45, 2.75) is 18.9 Å². The van der Waals surface area contributed by atoms with Crippen LogP contribution in [0.5, 0.6) is 0 Å². The Balaban J connectivity index is 2.14. The van der Waals surface area contributed by atoms with Crippen molar-refractivity contribution in [1.82, 2.24) is 5.32 Å². The standard InChI is InChI=1S/C9H13NO2/c1-2-8(11)7-12-9-3-5-10-6-4-9/h1,9-10H,3-7H2. The first-order valence-corrected chi connectivity index (χ1v) is 4.14.